The molecule has 1 heterocycles. The van der Waals surface area contributed by atoms with Crippen LogP contribution in [0.3, 0.4) is 0 Å². The van der Waals surface area contributed by atoms with Gasteiger partial charge in [-0.1, -0.05) is 23.2 Å². The summed E-state index contributed by atoms with van der Waals surface area (Å²) in [5.41, 5.74) is 0.463. The maximum atomic E-state index is 12.4. The molecule has 19 heavy (non-hydrogen) atoms. The SMILES string of the molecule is CO[C@H]1C[C@@H](CO)N(C(=O)c2ccc(Cl)c(Cl)c2)C1. The molecule has 1 amide bonds. The standard InChI is InChI=1S/C13H15Cl2NO3/c1-19-10-5-9(7-17)16(6-10)13(18)8-2-3-11(14)12(15)4-8/h2-4,9-10,17H,5-7H2,1H3/t9-,10-/m0/s1. The van der Waals surface area contributed by atoms with Gasteiger partial charge in [-0.25, -0.2) is 0 Å². The van der Waals surface area contributed by atoms with Crippen molar-refractivity contribution in [1.29, 1.82) is 0 Å². The van der Waals surface area contributed by atoms with Gasteiger partial charge in [-0.15, -0.1) is 0 Å². The van der Waals surface area contributed by atoms with Gasteiger partial charge in [0.2, 0.25) is 0 Å². The third kappa shape index (κ3) is 3.03. The second-order valence-electron chi connectivity index (χ2n) is 4.52. The summed E-state index contributed by atoms with van der Waals surface area (Å²) in [7, 11) is 1.60. The second kappa shape index (κ2) is 6.09. The predicted molar refractivity (Wildman–Crippen MR) is 73.8 cm³/mol. The molecule has 0 aromatic heterocycles. The van der Waals surface area contributed by atoms with Crippen molar-refractivity contribution in [2.75, 3.05) is 20.3 Å². The maximum absolute atomic E-state index is 12.4. The molecule has 0 saturated carbocycles. The fourth-order valence-corrected chi connectivity index (χ4v) is 2.56. The van der Waals surface area contributed by atoms with Crippen LogP contribution in [0.15, 0.2) is 18.2 Å². The van der Waals surface area contributed by atoms with Crippen LogP contribution >= 0.6 is 23.2 Å². The van der Waals surface area contributed by atoms with Crippen molar-refractivity contribution in [3.05, 3.63) is 33.8 Å². The van der Waals surface area contributed by atoms with Crippen molar-refractivity contribution in [2.45, 2.75) is 18.6 Å². The van der Waals surface area contributed by atoms with E-state index in [1.165, 1.54) is 0 Å². The van der Waals surface area contributed by atoms with Crippen LogP contribution in [0.5, 0.6) is 0 Å². The third-order valence-corrected chi connectivity index (χ3v) is 4.09. The Labute approximate surface area is 121 Å². The van der Waals surface area contributed by atoms with Gasteiger partial charge in [-0.2, -0.15) is 0 Å². The van der Waals surface area contributed by atoms with E-state index in [1.807, 2.05) is 0 Å². The fraction of sp³-hybridized carbons (Fsp3) is 0.462. The molecule has 2 atom stereocenters. The zero-order valence-corrected chi connectivity index (χ0v) is 12.0. The molecule has 1 aromatic rings. The lowest BCUT2D eigenvalue weighted by atomic mass is 10.1. The summed E-state index contributed by atoms with van der Waals surface area (Å²) in [4.78, 5) is 14.0. The Balaban J connectivity index is 2.20. The molecule has 0 bridgehead atoms. The van der Waals surface area contributed by atoms with Crippen LogP contribution in [0.2, 0.25) is 10.0 Å². The minimum Gasteiger partial charge on any atom is -0.394 e. The lowest BCUT2D eigenvalue weighted by molar-refractivity contribution is 0.0648. The van der Waals surface area contributed by atoms with E-state index in [1.54, 1.807) is 30.2 Å². The number of aliphatic hydroxyl groups is 1. The van der Waals surface area contributed by atoms with Gasteiger partial charge in [-0.05, 0) is 24.6 Å². The lowest BCUT2D eigenvalue weighted by Crippen LogP contribution is -2.38. The minimum atomic E-state index is -0.216. The van der Waals surface area contributed by atoms with Gasteiger partial charge >= 0.3 is 0 Å². The largest absolute Gasteiger partial charge is 0.394 e. The number of methoxy groups -OCH3 is 1. The smallest absolute Gasteiger partial charge is 0.254 e. The molecular formula is C13H15Cl2NO3. The Bertz CT molecular complexity index is 481. The number of carbonyl (C=O) groups excluding carboxylic acids is 1. The van der Waals surface area contributed by atoms with Crippen molar-refractivity contribution >= 4 is 29.1 Å². The number of ether oxygens (including phenoxy) is 1. The van der Waals surface area contributed by atoms with Gasteiger partial charge in [-0.3, -0.25) is 4.79 Å². The lowest BCUT2D eigenvalue weighted by Gasteiger charge is -2.22. The number of amides is 1. The van der Waals surface area contributed by atoms with Crippen molar-refractivity contribution in [2.24, 2.45) is 0 Å². The Hall–Kier alpha value is -0.810. The number of hydrogen-bond acceptors (Lipinski definition) is 3. The summed E-state index contributed by atoms with van der Waals surface area (Å²) in [5, 5.41) is 10.1. The Morgan fingerprint density at radius 3 is 2.79 bits per heavy atom. The average Bonchev–Trinajstić information content (AvgIpc) is 2.84. The maximum Gasteiger partial charge on any atom is 0.254 e. The number of nitrogens with zero attached hydrogens (tertiary/aromatic N) is 1. The number of likely N-dealkylation sites (tertiary alicyclic amines) is 1. The van der Waals surface area contributed by atoms with E-state index in [-0.39, 0.29) is 24.7 Å². The van der Waals surface area contributed by atoms with E-state index >= 15 is 0 Å². The first kappa shape index (κ1) is 14.6. The third-order valence-electron chi connectivity index (χ3n) is 3.35. The monoisotopic (exact) mass is 303 g/mol. The minimum absolute atomic E-state index is 0.0381. The van der Waals surface area contributed by atoms with Gasteiger partial charge in [0, 0.05) is 19.2 Å². The molecule has 1 aliphatic rings. The molecule has 1 N–H and O–H groups in total. The molecular weight excluding hydrogens is 289 g/mol. The van der Waals surface area contributed by atoms with Gasteiger partial charge < -0.3 is 14.7 Å². The summed E-state index contributed by atoms with van der Waals surface area (Å²) in [6.45, 7) is 0.397. The van der Waals surface area contributed by atoms with Crippen LogP contribution in [-0.4, -0.2) is 48.3 Å². The van der Waals surface area contributed by atoms with Gasteiger partial charge in [0.1, 0.15) is 0 Å². The van der Waals surface area contributed by atoms with Crippen molar-refractivity contribution in [3.63, 3.8) is 0 Å². The summed E-state index contributed by atoms with van der Waals surface area (Å²) < 4.78 is 5.25. The van der Waals surface area contributed by atoms with Crippen LogP contribution < -0.4 is 0 Å². The van der Waals surface area contributed by atoms with E-state index in [0.29, 0.717) is 28.6 Å². The second-order valence-corrected chi connectivity index (χ2v) is 5.33. The number of aliphatic hydroxyl groups excluding tert-OH is 1. The highest BCUT2D eigenvalue weighted by Gasteiger charge is 2.35. The van der Waals surface area contributed by atoms with Crippen LogP contribution in [0, 0.1) is 0 Å². The van der Waals surface area contributed by atoms with E-state index in [9.17, 15) is 9.90 Å². The van der Waals surface area contributed by atoms with Crippen molar-refractivity contribution in [1.82, 2.24) is 4.90 Å². The Morgan fingerprint density at radius 2 is 2.21 bits per heavy atom. The normalized spacial score (nSPS) is 22.8. The molecule has 1 aliphatic heterocycles. The molecule has 104 valence electrons. The zero-order chi connectivity index (χ0) is 14.0. The summed E-state index contributed by atoms with van der Waals surface area (Å²) in [6.07, 6.45) is 0.601. The van der Waals surface area contributed by atoms with Crippen molar-refractivity contribution < 1.29 is 14.6 Å². The van der Waals surface area contributed by atoms with Gasteiger partial charge in [0.05, 0.1) is 28.8 Å². The summed E-state index contributed by atoms with van der Waals surface area (Å²) >= 11 is 11.7. The Morgan fingerprint density at radius 1 is 1.47 bits per heavy atom. The molecule has 1 saturated heterocycles. The van der Waals surface area contributed by atoms with Crippen LogP contribution in [0.4, 0.5) is 0 Å². The van der Waals surface area contributed by atoms with Crippen LogP contribution in [0.25, 0.3) is 0 Å². The first-order chi connectivity index (χ1) is 9.06. The number of carbonyl (C=O) groups is 1. The number of halogens is 2. The molecule has 4 nitrogen and oxygen atoms in total. The van der Waals surface area contributed by atoms with E-state index in [0.717, 1.165) is 0 Å². The quantitative estimate of drug-likeness (QED) is 0.931. The predicted octanol–water partition coefficient (Wildman–Crippen LogP) is 2.22. The van der Waals surface area contributed by atoms with Crippen molar-refractivity contribution in [3.8, 4) is 0 Å². The van der Waals surface area contributed by atoms with Crippen LogP contribution in [0.1, 0.15) is 16.8 Å². The molecule has 0 radical (unpaired) electrons. The summed E-state index contributed by atoms with van der Waals surface area (Å²) in [6, 6.07) is 4.55. The topological polar surface area (TPSA) is 49.8 Å². The van der Waals surface area contributed by atoms with Gasteiger partial charge in [0.15, 0.2) is 0 Å². The molecule has 6 heteroatoms. The van der Waals surface area contributed by atoms with Gasteiger partial charge in [0.25, 0.3) is 5.91 Å². The zero-order valence-electron chi connectivity index (χ0n) is 10.5. The fourth-order valence-electron chi connectivity index (χ4n) is 2.26. The average molecular weight is 304 g/mol. The first-order valence-corrected chi connectivity index (χ1v) is 6.72. The first-order valence-electron chi connectivity index (χ1n) is 5.96. The highest BCUT2D eigenvalue weighted by molar-refractivity contribution is 6.42. The molecule has 2 rings (SSSR count). The number of benzene rings is 1. The van der Waals surface area contributed by atoms with Crippen LogP contribution in [-0.2, 0) is 4.74 Å². The Kier molecular flexibility index (Phi) is 4.68. The molecule has 0 spiro atoms. The van der Waals surface area contributed by atoms with E-state index in [4.69, 9.17) is 27.9 Å². The molecule has 1 fully saturated rings. The molecule has 0 aliphatic carbocycles. The molecule has 0 unspecified atom stereocenters. The number of hydrogen-bond donors (Lipinski definition) is 1. The number of rotatable bonds is 3. The molecule has 1 aromatic carbocycles. The highest BCUT2D eigenvalue weighted by atomic mass is 35.5. The highest BCUT2D eigenvalue weighted by Crippen LogP contribution is 2.26. The van der Waals surface area contributed by atoms with E-state index in [2.05, 4.69) is 0 Å². The summed E-state index contributed by atoms with van der Waals surface area (Å²) in [5.74, 6) is -0.169. The van der Waals surface area contributed by atoms with E-state index < -0.39 is 0 Å².